The minimum absolute atomic E-state index is 0.00896. The van der Waals surface area contributed by atoms with Crippen molar-refractivity contribution >= 4 is 0 Å². The summed E-state index contributed by atoms with van der Waals surface area (Å²) < 4.78 is 6.10. The van der Waals surface area contributed by atoms with Crippen LogP contribution in [0.4, 0.5) is 0 Å². The zero-order valence-electron chi connectivity index (χ0n) is 13.2. The standard InChI is InChI=1S/C15H32N2O/c1-7-10-17(8-2)11-9-16-13-12-14(3,4)18-15(13,5)6/h13,16H,7-12H2,1-6H3. The third-order valence-corrected chi connectivity index (χ3v) is 3.88. The van der Waals surface area contributed by atoms with Gasteiger partial charge in [0.2, 0.25) is 0 Å². The molecule has 1 atom stereocenters. The Hall–Kier alpha value is -0.120. The van der Waals surface area contributed by atoms with Gasteiger partial charge in [0.25, 0.3) is 0 Å². The van der Waals surface area contributed by atoms with Crippen molar-refractivity contribution in [3.05, 3.63) is 0 Å². The molecule has 3 heteroatoms. The van der Waals surface area contributed by atoms with Crippen LogP contribution in [-0.4, -0.2) is 48.3 Å². The molecular formula is C15H32N2O. The fourth-order valence-electron chi connectivity index (χ4n) is 3.02. The van der Waals surface area contributed by atoms with Crippen molar-refractivity contribution in [1.82, 2.24) is 10.2 Å². The number of hydrogen-bond acceptors (Lipinski definition) is 3. The molecule has 0 aliphatic carbocycles. The predicted molar refractivity (Wildman–Crippen MR) is 78.1 cm³/mol. The van der Waals surface area contributed by atoms with Crippen molar-refractivity contribution in [2.24, 2.45) is 0 Å². The van der Waals surface area contributed by atoms with E-state index in [9.17, 15) is 0 Å². The molecule has 1 fully saturated rings. The van der Waals surface area contributed by atoms with E-state index in [1.54, 1.807) is 0 Å². The topological polar surface area (TPSA) is 24.5 Å². The van der Waals surface area contributed by atoms with Crippen molar-refractivity contribution in [2.45, 2.75) is 71.6 Å². The van der Waals surface area contributed by atoms with Crippen molar-refractivity contribution in [3.63, 3.8) is 0 Å². The number of rotatable bonds is 7. The lowest BCUT2D eigenvalue weighted by molar-refractivity contribution is -0.0698. The molecule has 0 aromatic heterocycles. The van der Waals surface area contributed by atoms with E-state index in [0.717, 1.165) is 26.1 Å². The van der Waals surface area contributed by atoms with Crippen LogP contribution in [0.5, 0.6) is 0 Å². The van der Waals surface area contributed by atoms with E-state index in [1.165, 1.54) is 13.0 Å². The van der Waals surface area contributed by atoms with Gasteiger partial charge in [-0.2, -0.15) is 0 Å². The average Bonchev–Trinajstić information content (AvgIpc) is 2.45. The van der Waals surface area contributed by atoms with Gasteiger partial charge in [0, 0.05) is 19.1 Å². The molecule has 1 N–H and O–H groups in total. The van der Waals surface area contributed by atoms with Gasteiger partial charge in [-0.15, -0.1) is 0 Å². The highest BCUT2D eigenvalue weighted by Crippen LogP contribution is 2.37. The van der Waals surface area contributed by atoms with Gasteiger partial charge in [0.05, 0.1) is 11.2 Å². The highest BCUT2D eigenvalue weighted by molar-refractivity contribution is 4.98. The van der Waals surface area contributed by atoms with Crippen molar-refractivity contribution < 1.29 is 4.74 Å². The van der Waals surface area contributed by atoms with Crippen LogP contribution in [0.1, 0.15) is 54.4 Å². The summed E-state index contributed by atoms with van der Waals surface area (Å²) in [5.41, 5.74) is -0.0413. The quantitative estimate of drug-likeness (QED) is 0.758. The third-order valence-electron chi connectivity index (χ3n) is 3.88. The van der Waals surface area contributed by atoms with Gasteiger partial charge in [-0.1, -0.05) is 13.8 Å². The number of nitrogens with zero attached hydrogens (tertiary/aromatic N) is 1. The summed E-state index contributed by atoms with van der Waals surface area (Å²) in [6.45, 7) is 17.8. The van der Waals surface area contributed by atoms with E-state index in [4.69, 9.17) is 4.74 Å². The first kappa shape index (κ1) is 15.9. The second-order valence-electron chi connectivity index (χ2n) is 6.61. The Morgan fingerprint density at radius 1 is 1.17 bits per heavy atom. The van der Waals surface area contributed by atoms with E-state index in [1.807, 2.05) is 0 Å². The Kier molecular flexibility index (Phi) is 5.63. The Balaban J connectivity index is 2.35. The van der Waals surface area contributed by atoms with Crippen LogP contribution < -0.4 is 5.32 Å². The van der Waals surface area contributed by atoms with Crippen LogP contribution in [0, 0.1) is 0 Å². The number of likely N-dealkylation sites (N-methyl/N-ethyl adjacent to an activating group) is 1. The van der Waals surface area contributed by atoms with E-state index >= 15 is 0 Å². The first-order valence-corrected chi connectivity index (χ1v) is 7.46. The molecular weight excluding hydrogens is 224 g/mol. The molecule has 0 bridgehead atoms. The van der Waals surface area contributed by atoms with E-state index in [0.29, 0.717) is 6.04 Å². The number of ether oxygens (including phenoxy) is 1. The number of nitrogens with one attached hydrogen (secondary N) is 1. The molecule has 1 aliphatic heterocycles. The van der Waals surface area contributed by atoms with Gasteiger partial charge < -0.3 is 15.0 Å². The fourth-order valence-corrected chi connectivity index (χ4v) is 3.02. The van der Waals surface area contributed by atoms with Crippen molar-refractivity contribution in [2.75, 3.05) is 26.2 Å². The van der Waals surface area contributed by atoms with Gasteiger partial charge in [0.1, 0.15) is 0 Å². The normalized spacial score (nSPS) is 25.8. The number of hydrogen-bond donors (Lipinski definition) is 1. The van der Waals surface area contributed by atoms with Crippen LogP contribution >= 0.6 is 0 Å². The molecule has 1 aliphatic rings. The van der Waals surface area contributed by atoms with Crippen LogP contribution in [0.3, 0.4) is 0 Å². The lowest BCUT2D eigenvalue weighted by Crippen LogP contribution is -2.46. The van der Waals surface area contributed by atoms with Gasteiger partial charge in [-0.25, -0.2) is 0 Å². The molecule has 0 aromatic carbocycles. The minimum atomic E-state index is -0.0503. The largest absolute Gasteiger partial charge is 0.368 e. The minimum Gasteiger partial charge on any atom is -0.368 e. The van der Waals surface area contributed by atoms with Gasteiger partial charge in [-0.3, -0.25) is 0 Å². The van der Waals surface area contributed by atoms with Crippen LogP contribution in [0.15, 0.2) is 0 Å². The summed E-state index contributed by atoms with van der Waals surface area (Å²) in [7, 11) is 0. The molecule has 0 radical (unpaired) electrons. The molecule has 0 aromatic rings. The molecule has 108 valence electrons. The van der Waals surface area contributed by atoms with Gasteiger partial charge in [0.15, 0.2) is 0 Å². The van der Waals surface area contributed by atoms with E-state index in [2.05, 4.69) is 51.8 Å². The second kappa shape index (κ2) is 6.36. The zero-order chi connectivity index (χ0) is 13.8. The van der Waals surface area contributed by atoms with Gasteiger partial charge in [-0.05, 0) is 53.6 Å². The molecule has 1 rings (SSSR count). The summed E-state index contributed by atoms with van der Waals surface area (Å²) in [4.78, 5) is 2.50. The van der Waals surface area contributed by atoms with Crippen molar-refractivity contribution in [1.29, 1.82) is 0 Å². The Morgan fingerprint density at radius 2 is 1.83 bits per heavy atom. The zero-order valence-corrected chi connectivity index (χ0v) is 13.2. The van der Waals surface area contributed by atoms with E-state index < -0.39 is 0 Å². The smallest absolute Gasteiger partial charge is 0.0787 e. The summed E-state index contributed by atoms with van der Waals surface area (Å²) in [6, 6.07) is 0.466. The molecule has 1 unspecified atom stereocenters. The molecule has 18 heavy (non-hydrogen) atoms. The first-order chi connectivity index (χ1) is 8.30. The molecule has 3 nitrogen and oxygen atoms in total. The second-order valence-corrected chi connectivity index (χ2v) is 6.61. The molecule has 1 heterocycles. The Morgan fingerprint density at radius 3 is 2.28 bits per heavy atom. The van der Waals surface area contributed by atoms with Crippen LogP contribution in [0.25, 0.3) is 0 Å². The lowest BCUT2D eigenvalue weighted by Gasteiger charge is -2.29. The molecule has 0 spiro atoms. The maximum Gasteiger partial charge on any atom is 0.0787 e. The van der Waals surface area contributed by atoms with E-state index in [-0.39, 0.29) is 11.2 Å². The van der Waals surface area contributed by atoms with Crippen LogP contribution in [0.2, 0.25) is 0 Å². The Labute approximate surface area is 113 Å². The Bertz CT molecular complexity index is 251. The van der Waals surface area contributed by atoms with Crippen LogP contribution in [-0.2, 0) is 4.74 Å². The SMILES string of the molecule is CCCN(CC)CCNC1CC(C)(C)OC1(C)C. The fraction of sp³-hybridized carbons (Fsp3) is 1.00. The lowest BCUT2D eigenvalue weighted by atomic mass is 9.94. The first-order valence-electron chi connectivity index (χ1n) is 7.46. The summed E-state index contributed by atoms with van der Waals surface area (Å²) >= 11 is 0. The molecule has 0 amide bonds. The van der Waals surface area contributed by atoms with Crippen molar-refractivity contribution in [3.8, 4) is 0 Å². The molecule has 1 saturated heterocycles. The highest BCUT2D eigenvalue weighted by Gasteiger charge is 2.45. The summed E-state index contributed by atoms with van der Waals surface area (Å²) in [6.07, 6.45) is 2.33. The third kappa shape index (κ3) is 4.52. The summed E-state index contributed by atoms with van der Waals surface area (Å²) in [5.74, 6) is 0. The maximum atomic E-state index is 6.10. The average molecular weight is 256 g/mol. The maximum absolute atomic E-state index is 6.10. The predicted octanol–water partition coefficient (Wildman–Crippen LogP) is 2.65. The highest BCUT2D eigenvalue weighted by atomic mass is 16.5. The molecule has 0 saturated carbocycles. The summed E-state index contributed by atoms with van der Waals surface area (Å²) in [5, 5.41) is 3.68. The van der Waals surface area contributed by atoms with Gasteiger partial charge >= 0.3 is 0 Å². The monoisotopic (exact) mass is 256 g/mol.